The molecule has 3 heteroatoms. The van der Waals surface area contributed by atoms with Crippen molar-refractivity contribution in [2.75, 3.05) is 4.90 Å². The molecule has 0 bridgehead atoms. The average Bonchev–Trinajstić information content (AvgIpc) is 2.84. The normalized spacial score (nSPS) is 10.7. The number of rotatable bonds is 2. The number of H-pyrrole nitrogens is 1. The first-order chi connectivity index (χ1) is 9.65. The number of hydrogen-bond donors (Lipinski definition) is 1. The van der Waals surface area contributed by atoms with E-state index in [0.29, 0.717) is 0 Å². The van der Waals surface area contributed by atoms with Crippen LogP contribution < -0.4 is 4.90 Å². The van der Waals surface area contributed by atoms with Gasteiger partial charge in [-0.15, -0.1) is 0 Å². The Labute approximate surface area is 117 Å². The fraction of sp³-hybridized carbons (Fsp3) is 0.118. The molecule has 1 amide bonds. The van der Waals surface area contributed by atoms with Crippen LogP contribution in [0.4, 0.5) is 11.5 Å². The fourth-order valence-corrected chi connectivity index (χ4v) is 2.36. The van der Waals surface area contributed by atoms with Gasteiger partial charge in [0.2, 0.25) is 5.91 Å². The number of aryl methyl sites for hydroxylation is 1. The molecule has 0 spiro atoms. The Morgan fingerprint density at radius 2 is 1.75 bits per heavy atom. The number of anilines is 2. The Kier molecular flexibility index (Phi) is 3.03. The Bertz CT molecular complexity index is 723. The van der Waals surface area contributed by atoms with Gasteiger partial charge in [0, 0.05) is 17.8 Å². The molecular weight excluding hydrogens is 248 g/mol. The zero-order chi connectivity index (χ0) is 14.1. The Balaban J connectivity index is 2.10. The second-order valence-corrected chi connectivity index (χ2v) is 4.93. The van der Waals surface area contributed by atoms with Crippen molar-refractivity contribution in [2.24, 2.45) is 0 Å². The monoisotopic (exact) mass is 264 g/mol. The van der Waals surface area contributed by atoms with Gasteiger partial charge in [-0.3, -0.25) is 9.69 Å². The zero-order valence-corrected chi connectivity index (χ0v) is 11.6. The van der Waals surface area contributed by atoms with E-state index < -0.39 is 0 Å². The molecule has 3 aromatic rings. The van der Waals surface area contributed by atoms with E-state index >= 15 is 0 Å². The Morgan fingerprint density at radius 3 is 2.40 bits per heavy atom. The highest BCUT2D eigenvalue weighted by Crippen LogP contribution is 2.28. The van der Waals surface area contributed by atoms with Crippen LogP contribution in [0.15, 0.2) is 54.6 Å². The zero-order valence-electron chi connectivity index (χ0n) is 11.6. The van der Waals surface area contributed by atoms with Crippen LogP contribution in [0.2, 0.25) is 0 Å². The molecule has 0 aliphatic carbocycles. The number of carbonyl (C=O) groups is 1. The summed E-state index contributed by atoms with van der Waals surface area (Å²) in [7, 11) is 0. The summed E-state index contributed by atoms with van der Waals surface area (Å²) in [6.07, 6.45) is 0. The summed E-state index contributed by atoms with van der Waals surface area (Å²) in [5, 5.41) is 1.10. The number of carbonyl (C=O) groups excluding carboxylic acids is 1. The van der Waals surface area contributed by atoms with E-state index in [-0.39, 0.29) is 5.91 Å². The number of para-hydroxylation sites is 1. The topological polar surface area (TPSA) is 36.1 Å². The maximum atomic E-state index is 12.0. The van der Waals surface area contributed by atoms with Crippen LogP contribution in [0.3, 0.4) is 0 Å². The molecule has 100 valence electrons. The minimum Gasteiger partial charge on any atom is -0.341 e. The summed E-state index contributed by atoms with van der Waals surface area (Å²) in [4.78, 5) is 17.0. The Hall–Kier alpha value is -2.55. The smallest absolute Gasteiger partial charge is 0.229 e. The first-order valence-electron chi connectivity index (χ1n) is 6.60. The van der Waals surface area contributed by atoms with Crippen molar-refractivity contribution in [1.82, 2.24) is 4.98 Å². The molecule has 1 N–H and O–H groups in total. The molecule has 2 aromatic carbocycles. The predicted molar refractivity (Wildman–Crippen MR) is 82.3 cm³/mol. The molecule has 1 heterocycles. The molecule has 0 saturated heterocycles. The molecule has 3 rings (SSSR count). The minimum atomic E-state index is -0.0135. The summed E-state index contributed by atoms with van der Waals surface area (Å²) in [5.74, 6) is 0.781. The number of benzene rings is 2. The molecule has 0 aliphatic rings. The van der Waals surface area contributed by atoms with Crippen molar-refractivity contribution in [1.29, 1.82) is 0 Å². The lowest BCUT2D eigenvalue weighted by molar-refractivity contribution is -0.115. The Morgan fingerprint density at radius 1 is 1.05 bits per heavy atom. The fourth-order valence-electron chi connectivity index (χ4n) is 2.36. The lowest BCUT2D eigenvalue weighted by Gasteiger charge is -2.19. The van der Waals surface area contributed by atoms with Crippen molar-refractivity contribution in [3.05, 3.63) is 60.2 Å². The van der Waals surface area contributed by atoms with Crippen molar-refractivity contribution < 1.29 is 4.79 Å². The maximum Gasteiger partial charge on any atom is 0.229 e. The molecule has 0 aliphatic heterocycles. The van der Waals surface area contributed by atoms with Gasteiger partial charge in [0.15, 0.2) is 0 Å². The van der Waals surface area contributed by atoms with Gasteiger partial charge in [0.1, 0.15) is 5.82 Å². The van der Waals surface area contributed by atoms with E-state index in [2.05, 4.69) is 4.98 Å². The van der Waals surface area contributed by atoms with Gasteiger partial charge >= 0.3 is 0 Å². The second-order valence-electron chi connectivity index (χ2n) is 4.93. The van der Waals surface area contributed by atoms with Crippen LogP contribution in [0.1, 0.15) is 12.5 Å². The minimum absolute atomic E-state index is 0.0135. The van der Waals surface area contributed by atoms with Gasteiger partial charge in [0.25, 0.3) is 0 Å². The first kappa shape index (κ1) is 12.5. The van der Waals surface area contributed by atoms with Gasteiger partial charge in [-0.1, -0.05) is 35.9 Å². The summed E-state index contributed by atoms with van der Waals surface area (Å²) < 4.78 is 0. The largest absolute Gasteiger partial charge is 0.341 e. The lowest BCUT2D eigenvalue weighted by atomic mass is 10.2. The van der Waals surface area contributed by atoms with Crippen LogP contribution in [0.25, 0.3) is 10.9 Å². The molecule has 0 unspecified atom stereocenters. The van der Waals surface area contributed by atoms with E-state index in [0.717, 1.165) is 22.4 Å². The molecule has 1 aromatic heterocycles. The van der Waals surface area contributed by atoms with Gasteiger partial charge in [-0.25, -0.2) is 0 Å². The lowest BCUT2D eigenvalue weighted by Crippen LogP contribution is -2.22. The van der Waals surface area contributed by atoms with Crippen molar-refractivity contribution in [3.63, 3.8) is 0 Å². The van der Waals surface area contributed by atoms with Gasteiger partial charge < -0.3 is 4.98 Å². The third-order valence-corrected chi connectivity index (χ3v) is 3.36. The SMILES string of the molecule is CC(=O)N(c1ccc(C)cc1)c1cc2ccccc2[nH]1. The highest BCUT2D eigenvalue weighted by Gasteiger charge is 2.16. The number of hydrogen-bond acceptors (Lipinski definition) is 1. The predicted octanol–water partition coefficient (Wildman–Crippen LogP) is 4.16. The number of fused-ring (bicyclic) bond motifs is 1. The standard InChI is InChI=1S/C17H16N2O/c1-12-7-9-15(10-8-12)19(13(2)20)17-11-14-5-3-4-6-16(14)18-17/h3-11,18H,1-2H3. The molecular formula is C17H16N2O. The van der Waals surface area contributed by atoms with E-state index in [1.54, 1.807) is 11.8 Å². The van der Waals surface area contributed by atoms with Gasteiger partial charge in [0.05, 0.1) is 5.69 Å². The quantitative estimate of drug-likeness (QED) is 0.741. The van der Waals surface area contributed by atoms with Crippen LogP contribution in [0.5, 0.6) is 0 Å². The molecule has 0 saturated carbocycles. The van der Waals surface area contributed by atoms with Crippen molar-refractivity contribution in [3.8, 4) is 0 Å². The van der Waals surface area contributed by atoms with E-state index in [1.807, 2.05) is 61.5 Å². The highest BCUT2D eigenvalue weighted by atomic mass is 16.2. The third kappa shape index (κ3) is 2.18. The van der Waals surface area contributed by atoms with Crippen LogP contribution >= 0.6 is 0 Å². The molecule has 20 heavy (non-hydrogen) atoms. The summed E-state index contributed by atoms with van der Waals surface area (Å²) in [6, 6.07) is 17.9. The number of nitrogens with zero attached hydrogens (tertiary/aromatic N) is 1. The third-order valence-electron chi connectivity index (χ3n) is 3.36. The van der Waals surface area contributed by atoms with Crippen LogP contribution in [-0.4, -0.2) is 10.9 Å². The summed E-state index contributed by atoms with van der Waals surface area (Å²) >= 11 is 0. The molecule has 3 nitrogen and oxygen atoms in total. The molecule has 0 fully saturated rings. The number of nitrogens with one attached hydrogen (secondary N) is 1. The number of aromatic amines is 1. The molecule has 0 radical (unpaired) electrons. The van der Waals surface area contributed by atoms with E-state index in [4.69, 9.17) is 0 Å². The van der Waals surface area contributed by atoms with Crippen molar-refractivity contribution in [2.45, 2.75) is 13.8 Å². The number of aromatic nitrogens is 1. The summed E-state index contributed by atoms with van der Waals surface area (Å²) in [6.45, 7) is 3.61. The average molecular weight is 264 g/mol. The summed E-state index contributed by atoms with van der Waals surface area (Å²) in [5.41, 5.74) is 3.07. The highest BCUT2D eigenvalue weighted by molar-refractivity contribution is 6.00. The molecule has 0 atom stereocenters. The second kappa shape index (κ2) is 4.85. The van der Waals surface area contributed by atoms with Crippen LogP contribution in [-0.2, 0) is 4.79 Å². The van der Waals surface area contributed by atoms with Crippen molar-refractivity contribution >= 4 is 28.3 Å². The first-order valence-corrected chi connectivity index (χ1v) is 6.60. The van der Waals surface area contributed by atoms with Crippen LogP contribution in [0, 0.1) is 6.92 Å². The van der Waals surface area contributed by atoms with E-state index in [9.17, 15) is 4.79 Å². The van der Waals surface area contributed by atoms with Gasteiger partial charge in [-0.05, 0) is 31.2 Å². The maximum absolute atomic E-state index is 12.0. The number of amides is 1. The van der Waals surface area contributed by atoms with Gasteiger partial charge in [-0.2, -0.15) is 0 Å². The van der Waals surface area contributed by atoms with E-state index in [1.165, 1.54) is 5.56 Å².